The van der Waals surface area contributed by atoms with Crippen LogP contribution < -0.4 is 0 Å². The standard InChI is InChI=1S/C10H21BrO3/c1-2-12-7-8-14-10-9-13-6-4-3-5-11/h2-10H2,1H3. The van der Waals surface area contributed by atoms with E-state index in [4.69, 9.17) is 14.2 Å². The van der Waals surface area contributed by atoms with Crippen LogP contribution in [0.25, 0.3) is 0 Å². The highest BCUT2D eigenvalue weighted by Gasteiger charge is 1.90. The number of hydrogen-bond acceptors (Lipinski definition) is 3. The van der Waals surface area contributed by atoms with Crippen LogP contribution >= 0.6 is 15.9 Å². The van der Waals surface area contributed by atoms with Gasteiger partial charge in [-0.15, -0.1) is 0 Å². The third-order valence-corrected chi connectivity index (χ3v) is 2.18. The van der Waals surface area contributed by atoms with Crippen molar-refractivity contribution in [2.45, 2.75) is 19.8 Å². The van der Waals surface area contributed by atoms with Gasteiger partial charge in [-0.25, -0.2) is 0 Å². The molecule has 0 rings (SSSR count). The van der Waals surface area contributed by atoms with Gasteiger partial charge in [0.15, 0.2) is 0 Å². The first-order chi connectivity index (χ1) is 6.91. The third kappa shape index (κ3) is 12.4. The minimum Gasteiger partial charge on any atom is -0.379 e. The Bertz CT molecular complexity index is 89.4. The summed E-state index contributed by atoms with van der Waals surface area (Å²) in [6, 6.07) is 0. The van der Waals surface area contributed by atoms with Crippen LogP contribution in [0.4, 0.5) is 0 Å². The molecule has 0 aliphatic rings. The number of unbranched alkanes of at least 4 members (excludes halogenated alkanes) is 1. The van der Waals surface area contributed by atoms with Gasteiger partial charge in [0.05, 0.1) is 26.4 Å². The zero-order valence-corrected chi connectivity index (χ0v) is 10.6. The molecule has 0 aliphatic carbocycles. The number of hydrogen-bond donors (Lipinski definition) is 0. The lowest BCUT2D eigenvalue weighted by atomic mass is 10.4. The van der Waals surface area contributed by atoms with Crippen LogP contribution in [0.1, 0.15) is 19.8 Å². The average Bonchev–Trinajstić information content (AvgIpc) is 2.21. The van der Waals surface area contributed by atoms with Crippen LogP contribution in [-0.4, -0.2) is 45.0 Å². The highest BCUT2D eigenvalue weighted by atomic mass is 79.9. The summed E-state index contributed by atoms with van der Waals surface area (Å²) in [5, 5.41) is 1.06. The van der Waals surface area contributed by atoms with Crippen molar-refractivity contribution in [1.29, 1.82) is 0 Å². The average molecular weight is 269 g/mol. The van der Waals surface area contributed by atoms with E-state index in [1.54, 1.807) is 0 Å². The Hall–Kier alpha value is 0.360. The van der Waals surface area contributed by atoms with Crippen molar-refractivity contribution in [1.82, 2.24) is 0 Å². The second kappa shape index (κ2) is 13.4. The van der Waals surface area contributed by atoms with Gasteiger partial charge in [0.2, 0.25) is 0 Å². The van der Waals surface area contributed by atoms with Gasteiger partial charge in [-0.1, -0.05) is 15.9 Å². The Balaban J connectivity index is 2.78. The Morgan fingerprint density at radius 3 is 1.93 bits per heavy atom. The largest absolute Gasteiger partial charge is 0.379 e. The molecule has 0 heterocycles. The van der Waals surface area contributed by atoms with Crippen molar-refractivity contribution < 1.29 is 14.2 Å². The van der Waals surface area contributed by atoms with Crippen LogP contribution in [0, 0.1) is 0 Å². The monoisotopic (exact) mass is 268 g/mol. The third-order valence-electron chi connectivity index (χ3n) is 1.62. The SMILES string of the molecule is CCOCCOCCOCCCCBr. The van der Waals surface area contributed by atoms with E-state index in [0.29, 0.717) is 26.4 Å². The van der Waals surface area contributed by atoms with E-state index in [1.165, 1.54) is 6.42 Å². The predicted octanol–water partition coefficient (Wildman–Crippen LogP) is 2.23. The van der Waals surface area contributed by atoms with E-state index >= 15 is 0 Å². The normalized spacial score (nSPS) is 10.7. The molecule has 0 atom stereocenters. The predicted molar refractivity (Wildman–Crippen MR) is 61.2 cm³/mol. The highest BCUT2D eigenvalue weighted by Crippen LogP contribution is 1.93. The summed E-state index contributed by atoms with van der Waals surface area (Å²) in [5.41, 5.74) is 0. The van der Waals surface area contributed by atoms with E-state index in [1.807, 2.05) is 6.92 Å². The zero-order valence-electron chi connectivity index (χ0n) is 8.97. The molecule has 0 aromatic rings. The Morgan fingerprint density at radius 1 is 0.786 bits per heavy atom. The van der Waals surface area contributed by atoms with Gasteiger partial charge in [0.1, 0.15) is 0 Å². The lowest BCUT2D eigenvalue weighted by Gasteiger charge is -2.05. The van der Waals surface area contributed by atoms with E-state index in [2.05, 4.69) is 15.9 Å². The molecule has 0 radical (unpaired) electrons. The lowest BCUT2D eigenvalue weighted by molar-refractivity contribution is 0.0165. The second-order valence-electron chi connectivity index (χ2n) is 2.82. The van der Waals surface area contributed by atoms with Crippen LogP contribution in [0.5, 0.6) is 0 Å². The molecule has 0 fully saturated rings. The maximum atomic E-state index is 5.36. The highest BCUT2D eigenvalue weighted by molar-refractivity contribution is 9.09. The van der Waals surface area contributed by atoms with Gasteiger partial charge in [-0.3, -0.25) is 0 Å². The van der Waals surface area contributed by atoms with Crippen LogP contribution in [0.3, 0.4) is 0 Å². The summed E-state index contributed by atoms with van der Waals surface area (Å²) < 4.78 is 15.8. The molecule has 0 bridgehead atoms. The first-order valence-corrected chi connectivity index (χ1v) is 6.33. The van der Waals surface area contributed by atoms with Crippen LogP contribution in [0.2, 0.25) is 0 Å². The smallest absolute Gasteiger partial charge is 0.0701 e. The molecule has 0 aliphatic heterocycles. The van der Waals surface area contributed by atoms with Crippen molar-refractivity contribution in [3.63, 3.8) is 0 Å². The summed E-state index contributed by atoms with van der Waals surface area (Å²) in [7, 11) is 0. The minimum absolute atomic E-state index is 0.665. The number of halogens is 1. The minimum atomic E-state index is 0.665. The number of ether oxygens (including phenoxy) is 3. The quantitative estimate of drug-likeness (QED) is 0.425. The number of alkyl halides is 1. The van der Waals surface area contributed by atoms with Crippen molar-refractivity contribution in [3.8, 4) is 0 Å². The molecule has 0 unspecified atom stereocenters. The molecule has 4 heteroatoms. The summed E-state index contributed by atoms with van der Waals surface area (Å²) in [5.74, 6) is 0. The fourth-order valence-electron chi connectivity index (χ4n) is 0.883. The Kier molecular flexibility index (Phi) is 13.7. The molecule has 0 amide bonds. The van der Waals surface area contributed by atoms with Gasteiger partial charge < -0.3 is 14.2 Å². The fraction of sp³-hybridized carbons (Fsp3) is 1.00. The van der Waals surface area contributed by atoms with E-state index < -0.39 is 0 Å². The summed E-state index contributed by atoms with van der Waals surface area (Å²) in [6.07, 6.45) is 2.29. The second-order valence-corrected chi connectivity index (χ2v) is 3.61. The fourth-order valence-corrected chi connectivity index (χ4v) is 1.28. The van der Waals surface area contributed by atoms with Crippen LogP contribution in [-0.2, 0) is 14.2 Å². The summed E-state index contributed by atoms with van der Waals surface area (Å²) >= 11 is 3.37. The molecule has 0 aromatic heterocycles. The van der Waals surface area contributed by atoms with Gasteiger partial charge in [-0.2, -0.15) is 0 Å². The first kappa shape index (κ1) is 14.4. The topological polar surface area (TPSA) is 27.7 Å². The molecule has 3 nitrogen and oxygen atoms in total. The molecular weight excluding hydrogens is 248 g/mol. The summed E-state index contributed by atoms with van der Waals surface area (Å²) in [4.78, 5) is 0. The maximum absolute atomic E-state index is 5.36. The van der Waals surface area contributed by atoms with Crippen LogP contribution in [0.15, 0.2) is 0 Å². The Labute approximate surface area is 95.2 Å². The van der Waals surface area contributed by atoms with Crippen molar-refractivity contribution >= 4 is 15.9 Å². The maximum Gasteiger partial charge on any atom is 0.0701 e. The van der Waals surface area contributed by atoms with E-state index in [-0.39, 0.29) is 0 Å². The van der Waals surface area contributed by atoms with Gasteiger partial charge in [0, 0.05) is 18.5 Å². The van der Waals surface area contributed by atoms with E-state index in [9.17, 15) is 0 Å². The lowest BCUT2D eigenvalue weighted by Crippen LogP contribution is -2.09. The van der Waals surface area contributed by atoms with Gasteiger partial charge >= 0.3 is 0 Å². The first-order valence-electron chi connectivity index (χ1n) is 5.21. The van der Waals surface area contributed by atoms with Crippen molar-refractivity contribution in [3.05, 3.63) is 0 Å². The molecule has 0 aromatic carbocycles. The van der Waals surface area contributed by atoms with E-state index in [0.717, 1.165) is 25.0 Å². The van der Waals surface area contributed by atoms with Crippen molar-refractivity contribution in [2.24, 2.45) is 0 Å². The zero-order chi connectivity index (χ0) is 10.5. The molecule has 14 heavy (non-hydrogen) atoms. The molecule has 0 saturated heterocycles. The molecule has 0 saturated carbocycles. The molecule has 0 spiro atoms. The molecule has 0 N–H and O–H groups in total. The molecular formula is C10H21BrO3. The number of rotatable bonds is 11. The van der Waals surface area contributed by atoms with Crippen molar-refractivity contribution in [2.75, 3.05) is 45.0 Å². The van der Waals surface area contributed by atoms with Gasteiger partial charge in [0.25, 0.3) is 0 Å². The van der Waals surface area contributed by atoms with Gasteiger partial charge in [-0.05, 0) is 19.8 Å². The molecule has 86 valence electrons. The summed E-state index contributed by atoms with van der Waals surface area (Å²) in [6.45, 7) is 6.27. The Morgan fingerprint density at radius 2 is 1.36 bits per heavy atom.